The molecular weight excluding hydrogens is 417 g/mol. The highest BCUT2D eigenvalue weighted by Crippen LogP contribution is 2.38. The fourth-order valence-corrected chi connectivity index (χ4v) is 5.48. The predicted octanol–water partition coefficient (Wildman–Crippen LogP) is 6.19. The number of nitrogens with zero attached hydrogens (tertiary/aromatic N) is 2. The SMILES string of the molecule is CSc1nc2ccc3nc(NC(=O)c4ccc(Cl)cc4Cl)sc3c2s1. The topological polar surface area (TPSA) is 54.9 Å². The number of benzene rings is 2. The van der Waals surface area contributed by atoms with Crippen molar-refractivity contribution in [2.45, 2.75) is 4.34 Å². The summed E-state index contributed by atoms with van der Waals surface area (Å²) in [5.74, 6) is -0.314. The number of carbonyl (C=O) groups is 1. The van der Waals surface area contributed by atoms with Crippen LogP contribution in [0.3, 0.4) is 0 Å². The van der Waals surface area contributed by atoms with Crippen LogP contribution in [0.2, 0.25) is 10.0 Å². The number of hydrogen-bond acceptors (Lipinski definition) is 6. The van der Waals surface area contributed by atoms with Gasteiger partial charge in [-0.05, 0) is 36.6 Å². The highest BCUT2D eigenvalue weighted by molar-refractivity contribution is 8.00. The van der Waals surface area contributed by atoms with Gasteiger partial charge in [-0.15, -0.1) is 11.3 Å². The van der Waals surface area contributed by atoms with Gasteiger partial charge in [0.1, 0.15) is 0 Å². The first-order valence-corrected chi connectivity index (χ1v) is 10.7. The zero-order chi connectivity index (χ0) is 17.6. The van der Waals surface area contributed by atoms with E-state index in [1.807, 2.05) is 18.4 Å². The molecule has 2 aromatic carbocycles. The highest BCUT2D eigenvalue weighted by atomic mass is 35.5. The van der Waals surface area contributed by atoms with E-state index in [-0.39, 0.29) is 5.91 Å². The number of rotatable bonds is 3. The van der Waals surface area contributed by atoms with Crippen LogP contribution in [0.15, 0.2) is 34.7 Å². The largest absolute Gasteiger partial charge is 0.298 e. The molecule has 0 unspecified atom stereocenters. The molecule has 1 N–H and O–H groups in total. The van der Waals surface area contributed by atoms with Gasteiger partial charge in [0.05, 0.1) is 31.0 Å². The number of thioether (sulfide) groups is 1. The number of thiazole rings is 2. The molecule has 4 aromatic rings. The Bertz CT molecular complexity index is 1120. The second-order valence-corrected chi connectivity index (χ2v) is 8.94. The van der Waals surface area contributed by atoms with E-state index >= 15 is 0 Å². The zero-order valence-corrected chi connectivity index (χ0v) is 16.6. The zero-order valence-electron chi connectivity index (χ0n) is 12.7. The molecule has 0 aliphatic carbocycles. The fourth-order valence-electron chi connectivity index (χ4n) is 2.33. The lowest BCUT2D eigenvalue weighted by Gasteiger charge is -2.04. The number of anilines is 1. The summed E-state index contributed by atoms with van der Waals surface area (Å²) in [6.45, 7) is 0. The van der Waals surface area contributed by atoms with Crippen molar-refractivity contribution in [2.24, 2.45) is 0 Å². The van der Waals surface area contributed by atoms with Gasteiger partial charge in [-0.25, -0.2) is 9.97 Å². The molecule has 25 heavy (non-hydrogen) atoms. The van der Waals surface area contributed by atoms with Crippen molar-refractivity contribution < 1.29 is 4.79 Å². The Morgan fingerprint density at radius 2 is 1.80 bits per heavy atom. The van der Waals surface area contributed by atoms with Gasteiger partial charge >= 0.3 is 0 Å². The summed E-state index contributed by atoms with van der Waals surface area (Å²) >= 11 is 16.6. The summed E-state index contributed by atoms with van der Waals surface area (Å²) in [6.07, 6.45) is 2.00. The molecule has 0 aliphatic rings. The lowest BCUT2D eigenvalue weighted by atomic mass is 10.2. The highest BCUT2D eigenvalue weighted by Gasteiger charge is 2.15. The van der Waals surface area contributed by atoms with Gasteiger partial charge < -0.3 is 0 Å². The average molecular weight is 426 g/mol. The average Bonchev–Trinajstić information content (AvgIpc) is 3.16. The van der Waals surface area contributed by atoms with Crippen LogP contribution >= 0.6 is 57.6 Å². The first-order valence-electron chi connectivity index (χ1n) is 7.05. The molecule has 0 aliphatic heterocycles. The van der Waals surface area contributed by atoms with E-state index in [2.05, 4.69) is 15.3 Å². The Hall–Kier alpha value is -1.38. The summed E-state index contributed by atoms with van der Waals surface area (Å²) in [4.78, 5) is 21.5. The van der Waals surface area contributed by atoms with Crippen molar-refractivity contribution in [3.05, 3.63) is 45.9 Å². The van der Waals surface area contributed by atoms with Gasteiger partial charge in [-0.2, -0.15) is 0 Å². The minimum absolute atomic E-state index is 0.306. The van der Waals surface area contributed by atoms with Crippen molar-refractivity contribution >= 4 is 89.1 Å². The van der Waals surface area contributed by atoms with E-state index in [1.165, 1.54) is 11.3 Å². The Labute approximate surface area is 165 Å². The van der Waals surface area contributed by atoms with Crippen LogP contribution in [0.5, 0.6) is 0 Å². The first kappa shape index (κ1) is 17.1. The van der Waals surface area contributed by atoms with Crippen LogP contribution < -0.4 is 5.32 Å². The number of carbonyl (C=O) groups excluding carboxylic acids is 1. The molecule has 9 heteroatoms. The molecule has 1 amide bonds. The number of nitrogens with one attached hydrogen (secondary N) is 1. The molecule has 0 saturated heterocycles. The van der Waals surface area contributed by atoms with Gasteiger partial charge in [-0.3, -0.25) is 10.1 Å². The molecule has 0 atom stereocenters. The molecular formula is C16H9Cl2N3OS3. The number of fused-ring (bicyclic) bond motifs is 3. The fraction of sp³-hybridized carbons (Fsp3) is 0.0625. The van der Waals surface area contributed by atoms with Crippen molar-refractivity contribution in [1.29, 1.82) is 0 Å². The molecule has 2 heterocycles. The molecule has 126 valence electrons. The molecule has 0 fully saturated rings. The summed E-state index contributed by atoms with van der Waals surface area (Å²) in [5.41, 5.74) is 2.15. The van der Waals surface area contributed by atoms with Crippen LogP contribution in [0.4, 0.5) is 5.13 Å². The quantitative estimate of drug-likeness (QED) is 0.397. The van der Waals surface area contributed by atoms with E-state index in [1.54, 1.807) is 41.3 Å². The van der Waals surface area contributed by atoms with Gasteiger partial charge in [0, 0.05) is 5.02 Å². The normalized spacial score (nSPS) is 11.3. The van der Waals surface area contributed by atoms with E-state index in [0.717, 1.165) is 24.8 Å². The lowest BCUT2D eigenvalue weighted by Crippen LogP contribution is -2.12. The number of amides is 1. The van der Waals surface area contributed by atoms with Crippen LogP contribution in [0, 0.1) is 0 Å². The van der Waals surface area contributed by atoms with Crippen LogP contribution in [0.25, 0.3) is 20.4 Å². The van der Waals surface area contributed by atoms with E-state index < -0.39 is 0 Å². The maximum atomic E-state index is 12.5. The Morgan fingerprint density at radius 1 is 1.08 bits per heavy atom. The van der Waals surface area contributed by atoms with Crippen molar-refractivity contribution in [2.75, 3.05) is 11.6 Å². The molecule has 0 bridgehead atoms. The summed E-state index contributed by atoms with van der Waals surface area (Å²) in [6, 6.07) is 8.64. The Kier molecular flexibility index (Phi) is 4.59. The summed E-state index contributed by atoms with van der Waals surface area (Å²) in [5, 5.41) is 4.13. The van der Waals surface area contributed by atoms with Crippen molar-refractivity contribution in [3.8, 4) is 0 Å². The molecule has 2 aromatic heterocycles. The Morgan fingerprint density at radius 3 is 2.52 bits per heavy atom. The maximum Gasteiger partial charge on any atom is 0.258 e. The number of aromatic nitrogens is 2. The number of hydrogen-bond donors (Lipinski definition) is 1. The third kappa shape index (κ3) is 3.22. The maximum absolute atomic E-state index is 12.5. The molecule has 0 radical (unpaired) electrons. The van der Waals surface area contributed by atoms with Crippen molar-refractivity contribution in [1.82, 2.24) is 9.97 Å². The van der Waals surface area contributed by atoms with Gasteiger partial charge in [0.25, 0.3) is 5.91 Å². The Balaban J connectivity index is 1.70. The summed E-state index contributed by atoms with van der Waals surface area (Å²) < 4.78 is 3.12. The minimum Gasteiger partial charge on any atom is -0.298 e. The van der Waals surface area contributed by atoms with Gasteiger partial charge in [0.15, 0.2) is 9.47 Å². The molecule has 0 saturated carbocycles. The smallest absolute Gasteiger partial charge is 0.258 e. The monoisotopic (exact) mass is 425 g/mol. The van der Waals surface area contributed by atoms with E-state index in [0.29, 0.717) is 20.7 Å². The molecule has 4 nitrogen and oxygen atoms in total. The van der Waals surface area contributed by atoms with Crippen molar-refractivity contribution in [3.63, 3.8) is 0 Å². The van der Waals surface area contributed by atoms with Crippen LogP contribution in [-0.2, 0) is 0 Å². The lowest BCUT2D eigenvalue weighted by molar-refractivity contribution is 0.102. The minimum atomic E-state index is -0.314. The molecule has 4 rings (SSSR count). The first-order chi connectivity index (χ1) is 12.0. The van der Waals surface area contributed by atoms with E-state index in [4.69, 9.17) is 23.2 Å². The molecule has 0 spiro atoms. The van der Waals surface area contributed by atoms with Crippen LogP contribution in [-0.4, -0.2) is 22.1 Å². The summed E-state index contributed by atoms with van der Waals surface area (Å²) in [7, 11) is 0. The van der Waals surface area contributed by atoms with Gasteiger partial charge in [0.2, 0.25) is 0 Å². The van der Waals surface area contributed by atoms with E-state index in [9.17, 15) is 4.79 Å². The second-order valence-electron chi connectivity index (χ2n) is 5.04. The van der Waals surface area contributed by atoms with Crippen LogP contribution in [0.1, 0.15) is 10.4 Å². The standard InChI is InChI=1S/C16H9Cl2N3OS3/c1-23-16-20-11-5-4-10-12(13(11)25-16)24-15(19-10)21-14(22)8-3-2-7(17)6-9(8)18/h2-6H,1H3,(H,19,21,22). The number of halogens is 2. The third-order valence-electron chi connectivity index (χ3n) is 3.46. The third-order valence-corrected chi connectivity index (χ3v) is 7.22. The second kappa shape index (κ2) is 6.74. The van der Waals surface area contributed by atoms with Gasteiger partial charge in [-0.1, -0.05) is 46.3 Å². The predicted molar refractivity (Wildman–Crippen MR) is 109 cm³/mol.